The van der Waals surface area contributed by atoms with Crippen LogP contribution in [0.3, 0.4) is 0 Å². The smallest absolute Gasteiger partial charge is 0.103 e. The van der Waals surface area contributed by atoms with Crippen LogP contribution in [0.15, 0.2) is 18.2 Å². The second-order valence-corrected chi connectivity index (χ2v) is 6.01. The predicted molar refractivity (Wildman–Crippen MR) is 79.1 cm³/mol. The molecule has 0 amide bonds. The Bertz CT molecular complexity index is 499. The summed E-state index contributed by atoms with van der Waals surface area (Å²) in [5.41, 5.74) is 9.29. The number of fused-ring (bicyclic) bond motifs is 1. The van der Waals surface area contributed by atoms with Crippen molar-refractivity contribution < 1.29 is 0 Å². The summed E-state index contributed by atoms with van der Waals surface area (Å²) in [5.74, 6) is 0. The van der Waals surface area contributed by atoms with Crippen molar-refractivity contribution in [3.8, 4) is 6.07 Å². The van der Waals surface area contributed by atoms with E-state index >= 15 is 0 Å². The normalized spacial score (nSPS) is 19.2. The highest BCUT2D eigenvalue weighted by atomic mass is 15.2. The van der Waals surface area contributed by atoms with E-state index in [1.807, 2.05) is 6.92 Å². The van der Waals surface area contributed by atoms with Gasteiger partial charge in [-0.05, 0) is 51.7 Å². The van der Waals surface area contributed by atoms with Crippen molar-refractivity contribution in [1.82, 2.24) is 0 Å². The zero-order valence-electron chi connectivity index (χ0n) is 12.1. The summed E-state index contributed by atoms with van der Waals surface area (Å²) in [6, 6.07) is 9.13. The maximum Gasteiger partial charge on any atom is 0.103 e. The van der Waals surface area contributed by atoms with Crippen molar-refractivity contribution in [1.29, 1.82) is 5.26 Å². The molecule has 2 atom stereocenters. The Morgan fingerprint density at radius 3 is 2.95 bits per heavy atom. The molecule has 3 heteroatoms. The van der Waals surface area contributed by atoms with Crippen LogP contribution in [0.2, 0.25) is 0 Å². The summed E-state index contributed by atoms with van der Waals surface area (Å²) in [7, 11) is 0. The van der Waals surface area contributed by atoms with E-state index in [4.69, 9.17) is 11.0 Å². The average Bonchev–Trinajstić information content (AvgIpc) is 2.37. The summed E-state index contributed by atoms with van der Waals surface area (Å²) < 4.78 is 0. The van der Waals surface area contributed by atoms with Crippen LogP contribution in [0, 0.1) is 18.3 Å². The number of hydrogen-bond acceptors (Lipinski definition) is 3. The van der Waals surface area contributed by atoms with Crippen LogP contribution >= 0.6 is 0 Å². The van der Waals surface area contributed by atoms with Crippen LogP contribution < -0.4 is 10.6 Å². The van der Waals surface area contributed by atoms with Crippen molar-refractivity contribution in [2.75, 3.05) is 11.4 Å². The molecule has 2 unspecified atom stereocenters. The molecule has 2 rings (SSSR count). The van der Waals surface area contributed by atoms with Crippen molar-refractivity contribution in [2.24, 2.45) is 5.73 Å². The van der Waals surface area contributed by atoms with Gasteiger partial charge in [-0.1, -0.05) is 17.7 Å². The zero-order chi connectivity index (χ0) is 14.0. The Balaban J connectivity index is 2.22. The highest BCUT2D eigenvalue weighted by molar-refractivity contribution is 5.57. The number of rotatable bonds is 3. The number of aryl methyl sites for hydroxylation is 2. The van der Waals surface area contributed by atoms with Crippen LogP contribution in [-0.2, 0) is 6.42 Å². The SMILES string of the molecule is Cc1ccc2c(c1)CCCN2C(C)CC(C)(N)C#N. The minimum Gasteiger partial charge on any atom is -0.368 e. The first-order chi connectivity index (χ1) is 8.93. The van der Waals surface area contributed by atoms with Crippen LogP contribution in [0.1, 0.15) is 37.8 Å². The standard InChI is InChI=1S/C16H23N3/c1-12-6-7-15-14(9-12)5-4-8-19(15)13(2)10-16(3,18)11-17/h6-7,9,13H,4-5,8,10,18H2,1-3H3. The van der Waals surface area contributed by atoms with Crippen LogP contribution in [0.25, 0.3) is 0 Å². The molecule has 1 aliphatic rings. The highest BCUT2D eigenvalue weighted by Gasteiger charge is 2.27. The lowest BCUT2D eigenvalue weighted by molar-refractivity contribution is 0.458. The van der Waals surface area contributed by atoms with Crippen LogP contribution in [0.5, 0.6) is 0 Å². The van der Waals surface area contributed by atoms with Crippen molar-refractivity contribution in [2.45, 2.75) is 51.6 Å². The number of hydrogen-bond donors (Lipinski definition) is 1. The van der Waals surface area contributed by atoms with Gasteiger partial charge in [0.2, 0.25) is 0 Å². The average molecular weight is 257 g/mol. The fourth-order valence-corrected chi connectivity index (χ4v) is 2.98. The first kappa shape index (κ1) is 13.9. The van der Waals surface area contributed by atoms with E-state index in [1.165, 1.54) is 23.2 Å². The molecule has 0 bridgehead atoms. The molecule has 1 aromatic rings. The van der Waals surface area contributed by atoms with Gasteiger partial charge in [-0.3, -0.25) is 0 Å². The lowest BCUT2D eigenvalue weighted by Gasteiger charge is -2.38. The largest absolute Gasteiger partial charge is 0.368 e. The first-order valence-electron chi connectivity index (χ1n) is 6.99. The van der Waals surface area contributed by atoms with E-state index in [0.717, 1.165) is 13.0 Å². The van der Waals surface area contributed by atoms with Gasteiger partial charge in [-0.25, -0.2) is 0 Å². The maximum atomic E-state index is 9.08. The molecule has 0 aromatic heterocycles. The van der Waals surface area contributed by atoms with Gasteiger partial charge >= 0.3 is 0 Å². The van der Waals surface area contributed by atoms with Gasteiger partial charge in [0.15, 0.2) is 0 Å². The van der Waals surface area contributed by atoms with Gasteiger partial charge in [0.05, 0.1) is 6.07 Å². The monoisotopic (exact) mass is 257 g/mol. The number of anilines is 1. The van der Waals surface area contributed by atoms with E-state index in [1.54, 1.807) is 0 Å². The molecule has 0 saturated heterocycles. The molecule has 0 radical (unpaired) electrons. The Labute approximate surface area is 116 Å². The Morgan fingerprint density at radius 1 is 1.53 bits per heavy atom. The van der Waals surface area contributed by atoms with Crippen molar-refractivity contribution in [3.63, 3.8) is 0 Å². The molecule has 0 fully saturated rings. The zero-order valence-corrected chi connectivity index (χ0v) is 12.1. The molecule has 2 N–H and O–H groups in total. The summed E-state index contributed by atoms with van der Waals surface area (Å²) in [5, 5.41) is 9.08. The molecule has 1 heterocycles. The van der Waals surface area contributed by atoms with Crippen molar-refractivity contribution in [3.05, 3.63) is 29.3 Å². The molecular formula is C16H23N3. The molecular weight excluding hydrogens is 234 g/mol. The van der Waals surface area contributed by atoms with E-state index < -0.39 is 5.54 Å². The summed E-state index contributed by atoms with van der Waals surface area (Å²) in [6.45, 7) is 7.16. The minimum atomic E-state index is -0.748. The first-order valence-corrected chi connectivity index (χ1v) is 6.99. The second kappa shape index (κ2) is 5.22. The van der Waals surface area contributed by atoms with E-state index in [-0.39, 0.29) is 6.04 Å². The third-order valence-corrected chi connectivity index (χ3v) is 3.90. The molecule has 1 aliphatic heterocycles. The van der Waals surface area contributed by atoms with E-state index in [2.05, 4.69) is 43.0 Å². The lowest BCUT2D eigenvalue weighted by Crippen LogP contribution is -2.45. The Morgan fingerprint density at radius 2 is 2.26 bits per heavy atom. The molecule has 3 nitrogen and oxygen atoms in total. The second-order valence-electron chi connectivity index (χ2n) is 6.01. The predicted octanol–water partition coefficient (Wildman–Crippen LogP) is 2.77. The Kier molecular flexibility index (Phi) is 3.82. The molecule has 0 spiro atoms. The highest BCUT2D eigenvalue weighted by Crippen LogP contribution is 2.31. The van der Waals surface area contributed by atoms with Gasteiger partial charge in [-0.15, -0.1) is 0 Å². The maximum absolute atomic E-state index is 9.08. The molecule has 19 heavy (non-hydrogen) atoms. The van der Waals surface area contributed by atoms with Crippen LogP contribution in [-0.4, -0.2) is 18.1 Å². The minimum absolute atomic E-state index is 0.288. The molecule has 1 aromatic carbocycles. The van der Waals surface area contributed by atoms with Gasteiger partial charge < -0.3 is 10.6 Å². The fourth-order valence-electron chi connectivity index (χ4n) is 2.98. The number of benzene rings is 1. The third-order valence-electron chi connectivity index (χ3n) is 3.90. The summed E-state index contributed by atoms with van der Waals surface area (Å²) in [4.78, 5) is 2.40. The topological polar surface area (TPSA) is 53.0 Å². The third kappa shape index (κ3) is 3.08. The summed E-state index contributed by atoms with van der Waals surface area (Å²) in [6.07, 6.45) is 3.02. The number of nitrogens with two attached hydrogens (primary N) is 1. The van der Waals surface area contributed by atoms with E-state index in [0.29, 0.717) is 6.42 Å². The van der Waals surface area contributed by atoms with Gasteiger partial charge in [-0.2, -0.15) is 5.26 Å². The Hall–Kier alpha value is -1.53. The number of nitriles is 1. The van der Waals surface area contributed by atoms with Gasteiger partial charge in [0.25, 0.3) is 0 Å². The number of nitrogens with zero attached hydrogens (tertiary/aromatic N) is 2. The molecule has 0 aliphatic carbocycles. The molecule has 102 valence electrons. The summed E-state index contributed by atoms with van der Waals surface area (Å²) >= 11 is 0. The van der Waals surface area contributed by atoms with E-state index in [9.17, 15) is 0 Å². The molecule has 0 saturated carbocycles. The van der Waals surface area contributed by atoms with Crippen LogP contribution in [0.4, 0.5) is 5.69 Å². The van der Waals surface area contributed by atoms with Crippen molar-refractivity contribution >= 4 is 5.69 Å². The fraction of sp³-hybridized carbons (Fsp3) is 0.562. The van der Waals surface area contributed by atoms with Gasteiger partial charge in [0, 0.05) is 18.3 Å². The lowest BCUT2D eigenvalue weighted by atomic mass is 9.92. The quantitative estimate of drug-likeness (QED) is 0.906. The van der Waals surface area contributed by atoms with Gasteiger partial charge in [0.1, 0.15) is 5.54 Å².